The van der Waals surface area contributed by atoms with E-state index in [0.717, 1.165) is 21.2 Å². The van der Waals surface area contributed by atoms with Crippen molar-refractivity contribution >= 4 is 34.6 Å². The van der Waals surface area contributed by atoms with Gasteiger partial charge in [-0.15, -0.1) is 23.1 Å². The Labute approximate surface area is 166 Å². The number of nitrogen functional groups attached to an aromatic ring is 1. The summed E-state index contributed by atoms with van der Waals surface area (Å²) < 4.78 is 3.08. The lowest BCUT2D eigenvalue weighted by Crippen LogP contribution is -3.00. The molecule has 3 rings (SSSR count). The van der Waals surface area contributed by atoms with Gasteiger partial charge in [-0.2, -0.15) is 4.57 Å². The van der Waals surface area contributed by atoms with E-state index in [4.69, 9.17) is 5.73 Å². The molecule has 3 nitrogen and oxygen atoms in total. The summed E-state index contributed by atoms with van der Waals surface area (Å²) >= 11 is 3.20. The second-order valence-electron chi connectivity index (χ2n) is 5.60. The predicted octanol–water partition coefficient (Wildman–Crippen LogP) is 1.41. The van der Waals surface area contributed by atoms with Crippen LogP contribution in [0.3, 0.4) is 0 Å². The minimum atomic E-state index is 0. The minimum absolute atomic E-state index is 0. The van der Waals surface area contributed by atoms with Crippen LogP contribution in [-0.4, -0.2) is 5.78 Å². The van der Waals surface area contributed by atoms with Crippen molar-refractivity contribution in [1.82, 2.24) is 0 Å². The molecule has 2 N–H and O–H groups in total. The van der Waals surface area contributed by atoms with Gasteiger partial charge in [-0.25, -0.2) is 0 Å². The molecule has 0 saturated carbocycles. The van der Waals surface area contributed by atoms with E-state index in [1.807, 2.05) is 54.2 Å². The van der Waals surface area contributed by atoms with Crippen molar-refractivity contribution in [3.05, 3.63) is 70.9 Å². The summed E-state index contributed by atoms with van der Waals surface area (Å²) in [6.07, 6.45) is 4.01. The van der Waals surface area contributed by atoms with Gasteiger partial charge in [0, 0.05) is 24.3 Å². The number of anilines is 1. The van der Waals surface area contributed by atoms with Gasteiger partial charge < -0.3 is 22.7 Å². The zero-order valence-corrected chi connectivity index (χ0v) is 17.2. The van der Waals surface area contributed by atoms with Crippen molar-refractivity contribution in [3.8, 4) is 5.69 Å². The van der Waals surface area contributed by atoms with Crippen LogP contribution in [0.25, 0.3) is 5.69 Å². The molecular weight excluding hydrogens is 416 g/mol. The average molecular weight is 435 g/mol. The summed E-state index contributed by atoms with van der Waals surface area (Å²) in [5.74, 6) is 0.857. The highest BCUT2D eigenvalue weighted by Gasteiger charge is 2.26. The van der Waals surface area contributed by atoms with Crippen LogP contribution in [0.2, 0.25) is 0 Å². The molecule has 0 aliphatic heterocycles. The molecule has 0 saturated heterocycles. The number of rotatable bonds is 5. The van der Waals surface area contributed by atoms with E-state index in [-0.39, 0.29) is 22.8 Å². The molecule has 0 amide bonds. The van der Waals surface area contributed by atoms with Crippen molar-refractivity contribution in [2.45, 2.75) is 23.8 Å². The van der Waals surface area contributed by atoms with E-state index in [2.05, 4.69) is 12.1 Å². The predicted molar refractivity (Wildman–Crippen MR) is 101 cm³/mol. The standard InChI is InChI=1S/C19H18N2OS2.BrH/c1-13-7-6-10-21(11-13)17-16(20)18(14(2)22)24-19(17)23-12-15-8-4-3-5-9-15;/h3-11H,12H2,1-2H3,(H-,20,22);1H. The third-order valence-corrected chi connectivity index (χ3v) is 6.25. The summed E-state index contributed by atoms with van der Waals surface area (Å²) in [4.78, 5) is 12.6. The highest BCUT2D eigenvalue weighted by Crippen LogP contribution is 2.40. The molecule has 0 fully saturated rings. The molecule has 3 aromatic rings. The lowest BCUT2D eigenvalue weighted by molar-refractivity contribution is -0.597. The molecule has 6 heteroatoms. The van der Waals surface area contributed by atoms with Gasteiger partial charge in [0.15, 0.2) is 18.2 Å². The molecule has 1 aromatic carbocycles. The van der Waals surface area contributed by atoms with Crippen LogP contribution in [0.5, 0.6) is 0 Å². The topological polar surface area (TPSA) is 47.0 Å². The number of carbonyl (C=O) groups excluding carboxylic acids is 1. The number of aryl methyl sites for hydroxylation is 1. The Kier molecular flexibility index (Phi) is 6.81. The van der Waals surface area contributed by atoms with Gasteiger partial charge in [-0.1, -0.05) is 30.3 Å². The normalized spacial score (nSPS) is 10.3. The van der Waals surface area contributed by atoms with Crippen molar-refractivity contribution < 1.29 is 26.3 Å². The molecule has 130 valence electrons. The van der Waals surface area contributed by atoms with Gasteiger partial charge in [0.2, 0.25) is 0 Å². The van der Waals surface area contributed by atoms with Crippen molar-refractivity contribution in [2.75, 3.05) is 5.73 Å². The fourth-order valence-corrected chi connectivity index (χ4v) is 4.83. The van der Waals surface area contributed by atoms with Gasteiger partial charge in [-0.05, 0) is 18.6 Å². The Morgan fingerprint density at radius 3 is 2.56 bits per heavy atom. The number of pyridine rings is 1. The summed E-state index contributed by atoms with van der Waals surface area (Å²) in [5.41, 5.74) is 10.2. The maximum absolute atomic E-state index is 11.9. The average Bonchev–Trinajstić information content (AvgIpc) is 2.90. The van der Waals surface area contributed by atoms with Crippen molar-refractivity contribution in [2.24, 2.45) is 0 Å². The number of ketones is 1. The molecule has 0 aliphatic rings. The molecule has 0 bridgehead atoms. The van der Waals surface area contributed by atoms with Gasteiger partial charge in [0.25, 0.3) is 5.69 Å². The Morgan fingerprint density at radius 2 is 1.92 bits per heavy atom. The molecule has 0 atom stereocenters. The lowest BCUT2D eigenvalue weighted by Gasteiger charge is -2.02. The number of aromatic nitrogens is 1. The Balaban J connectivity index is 0.00000225. The highest BCUT2D eigenvalue weighted by molar-refractivity contribution is 8.00. The first kappa shape index (κ1) is 19.7. The fourth-order valence-electron chi connectivity index (χ4n) is 2.47. The Morgan fingerprint density at radius 1 is 1.20 bits per heavy atom. The minimum Gasteiger partial charge on any atom is -1.00 e. The van der Waals surface area contributed by atoms with Crippen LogP contribution < -0.4 is 27.3 Å². The van der Waals surface area contributed by atoms with E-state index in [1.54, 1.807) is 18.7 Å². The first-order valence-electron chi connectivity index (χ1n) is 7.64. The number of halogens is 1. The quantitative estimate of drug-likeness (QED) is 0.375. The van der Waals surface area contributed by atoms with Crippen molar-refractivity contribution in [1.29, 1.82) is 0 Å². The number of hydrogen-bond acceptors (Lipinski definition) is 4. The molecule has 2 heterocycles. The van der Waals surface area contributed by atoms with Crippen LogP contribution in [0, 0.1) is 6.92 Å². The van der Waals surface area contributed by atoms with E-state index in [1.165, 1.54) is 16.9 Å². The largest absolute Gasteiger partial charge is 1.00 e. The maximum Gasteiger partial charge on any atom is 0.259 e. The van der Waals surface area contributed by atoms with Crippen LogP contribution in [0.4, 0.5) is 5.69 Å². The molecule has 0 radical (unpaired) electrons. The molecule has 25 heavy (non-hydrogen) atoms. The van der Waals surface area contributed by atoms with Gasteiger partial charge >= 0.3 is 0 Å². The van der Waals surface area contributed by atoms with Crippen molar-refractivity contribution in [3.63, 3.8) is 0 Å². The summed E-state index contributed by atoms with van der Waals surface area (Å²) in [6, 6.07) is 14.3. The SMILES string of the molecule is CC(=O)c1sc(SCc2ccccc2)c(-[n+]2cccc(C)c2)c1N.[Br-]. The van der Waals surface area contributed by atoms with Gasteiger partial charge in [0.1, 0.15) is 14.8 Å². The van der Waals surface area contributed by atoms with Crippen LogP contribution in [0.15, 0.2) is 59.1 Å². The number of nitrogens with zero attached hydrogens (tertiary/aromatic N) is 1. The number of thiophene rings is 1. The van der Waals surface area contributed by atoms with Crippen LogP contribution >= 0.6 is 23.1 Å². The third kappa shape index (κ3) is 4.51. The van der Waals surface area contributed by atoms with Crippen LogP contribution in [0.1, 0.15) is 27.7 Å². The Bertz CT molecular complexity index is 878. The first-order valence-corrected chi connectivity index (χ1v) is 9.44. The third-order valence-electron chi connectivity index (χ3n) is 3.63. The van der Waals surface area contributed by atoms with E-state index in [0.29, 0.717) is 10.6 Å². The molecule has 0 unspecified atom stereocenters. The zero-order chi connectivity index (χ0) is 17.1. The van der Waals surface area contributed by atoms with Gasteiger partial charge in [0.05, 0.1) is 0 Å². The summed E-state index contributed by atoms with van der Waals surface area (Å²) in [7, 11) is 0. The summed E-state index contributed by atoms with van der Waals surface area (Å²) in [5, 5.41) is 0. The monoisotopic (exact) mass is 434 g/mol. The lowest BCUT2D eigenvalue weighted by atomic mass is 10.2. The second kappa shape index (κ2) is 8.65. The number of thioether (sulfide) groups is 1. The van der Waals surface area contributed by atoms with Crippen LogP contribution in [-0.2, 0) is 5.75 Å². The molecular formula is C19H19BrN2OS2. The number of Topliss-reactive ketones (excluding diaryl/α,β-unsaturated/α-hetero) is 1. The number of carbonyl (C=O) groups is 1. The zero-order valence-electron chi connectivity index (χ0n) is 14.0. The molecule has 0 spiro atoms. The number of nitrogens with two attached hydrogens (primary N) is 1. The maximum atomic E-state index is 11.9. The highest BCUT2D eigenvalue weighted by atomic mass is 79.9. The smallest absolute Gasteiger partial charge is 0.259 e. The fraction of sp³-hybridized carbons (Fsp3) is 0.158. The number of benzene rings is 1. The Hall–Kier alpha value is -1.63. The molecule has 2 aromatic heterocycles. The second-order valence-corrected chi connectivity index (χ2v) is 7.86. The van der Waals surface area contributed by atoms with Gasteiger partial charge in [-0.3, -0.25) is 4.79 Å². The summed E-state index contributed by atoms with van der Waals surface area (Å²) in [6.45, 7) is 3.61. The van der Waals surface area contributed by atoms with E-state index in [9.17, 15) is 4.79 Å². The molecule has 0 aliphatic carbocycles. The van der Waals surface area contributed by atoms with E-state index < -0.39 is 0 Å². The van der Waals surface area contributed by atoms with E-state index >= 15 is 0 Å². The first-order chi connectivity index (χ1) is 11.6. The number of hydrogen-bond donors (Lipinski definition) is 1.